The van der Waals surface area contributed by atoms with Gasteiger partial charge in [-0.15, -0.1) is 0 Å². The fourth-order valence-corrected chi connectivity index (χ4v) is 3.49. The smallest absolute Gasteiger partial charge is 0.205 e. The molecule has 1 saturated heterocycles. The third kappa shape index (κ3) is 3.54. The zero-order valence-electron chi connectivity index (χ0n) is 12.9. The van der Waals surface area contributed by atoms with E-state index in [1.807, 2.05) is 12.1 Å². The van der Waals surface area contributed by atoms with Gasteiger partial charge in [0.2, 0.25) is 5.13 Å². The summed E-state index contributed by atoms with van der Waals surface area (Å²) in [5.41, 5.74) is 0.280. The maximum atomic E-state index is 9.08. The molecular weight excluding hydrogens is 332 g/mol. The second kappa shape index (κ2) is 7.11. The Morgan fingerprint density at radius 2 is 2.00 bits per heavy atom. The number of pyridine rings is 1. The molecule has 6 nitrogen and oxygen atoms in total. The van der Waals surface area contributed by atoms with Gasteiger partial charge in [-0.3, -0.25) is 0 Å². The minimum absolute atomic E-state index is 0.280. The van der Waals surface area contributed by atoms with Gasteiger partial charge in [0.05, 0.1) is 5.02 Å². The molecule has 0 atom stereocenters. The van der Waals surface area contributed by atoms with Crippen LogP contribution in [0.4, 0.5) is 10.9 Å². The van der Waals surface area contributed by atoms with Crippen molar-refractivity contribution in [3.8, 4) is 6.07 Å². The van der Waals surface area contributed by atoms with Gasteiger partial charge in [-0.1, -0.05) is 18.5 Å². The Bertz CT molecular complexity index is 725. The molecule has 2 aromatic rings. The third-order valence-corrected chi connectivity index (χ3v) is 4.92. The molecule has 3 rings (SSSR count). The second-order valence-corrected chi connectivity index (χ2v) is 6.42. The van der Waals surface area contributed by atoms with E-state index in [-0.39, 0.29) is 5.69 Å². The second-order valence-electron chi connectivity index (χ2n) is 5.29. The van der Waals surface area contributed by atoms with Crippen LogP contribution >= 0.6 is 23.1 Å². The van der Waals surface area contributed by atoms with E-state index < -0.39 is 0 Å². The number of anilines is 2. The molecular formula is C15H17ClN6S. The fourth-order valence-electron chi connectivity index (χ4n) is 2.54. The molecule has 1 aliphatic rings. The number of nitrogens with zero attached hydrogens (tertiary/aromatic N) is 6. The lowest BCUT2D eigenvalue weighted by molar-refractivity contribution is 0.795. The highest BCUT2D eigenvalue weighted by atomic mass is 35.5. The number of nitriles is 1. The highest BCUT2D eigenvalue weighted by Gasteiger charge is 2.19. The Labute approximate surface area is 144 Å². The van der Waals surface area contributed by atoms with Crippen LogP contribution in [0.25, 0.3) is 0 Å². The van der Waals surface area contributed by atoms with Crippen molar-refractivity contribution in [2.75, 3.05) is 36.0 Å². The van der Waals surface area contributed by atoms with Gasteiger partial charge in [-0.2, -0.15) is 9.64 Å². The van der Waals surface area contributed by atoms with E-state index in [2.05, 4.69) is 31.1 Å². The van der Waals surface area contributed by atoms with E-state index in [1.54, 1.807) is 6.07 Å². The first-order chi connectivity index (χ1) is 11.2. The standard InChI is InChI=1S/C15H17ClN6S/c1-2-13-19-15(23-20-13)22-7-3-6-21(8-9-22)14-5-4-11(16)12(10-17)18-14/h4-5H,2-3,6-9H2,1H3. The quantitative estimate of drug-likeness (QED) is 0.849. The van der Waals surface area contributed by atoms with Gasteiger partial charge in [0.1, 0.15) is 17.7 Å². The molecule has 1 aliphatic heterocycles. The molecule has 23 heavy (non-hydrogen) atoms. The van der Waals surface area contributed by atoms with E-state index in [4.69, 9.17) is 16.9 Å². The average molecular weight is 349 g/mol. The van der Waals surface area contributed by atoms with Crippen LogP contribution in [-0.2, 0) is 6.42 Å². The Balaban J connectivity index is 1.72. The Hall–Kier alpha value is -1.91. The van der Waals surface area contributed by atoms with E-state index in [0.29, 0.717) is 5.02 Å². The molecule has 0 aliphatic carbocycles. The molecule has 0 amide bonds. The van der Waals surface area contributed by atoms with Crippen LogP contribution in [0, 0.1) is 11.3 Å². The number of hydrogen-bond donors (Lipinski definition) is 0. The van der Waals surface area contributed by atoms with E-state index in [9.17, 15) is 0 Å². The summed E-state index contributed by atoms with van der Waals surface area (Å²) in [6.45, 7) is 5.61. The predicted octanol–water partition coefficient (Wildman–Crippen LogP) is 2.74. The molecule has 0 aromatic carbocycles. The SMILES string of the molecule is CCc1nsc(N2CCCN(c3ccc(Cl)c(C#N)n3)CC2)n1. The number of halogens is 1. The average Bonchev–Trinajstić information content (AvgIpc) is 2.92. The van der Waals surface area contributed by atoms with Gasteiger partial charge in [0.25, 0.3) is 0 Å². The molecule has 0 spiro atoms. The molecule has 0 radical (unpaired) electrons. The van der Waals surface area contributed by atoms with Crippen LogP contribution < -0.4 is 9.80 Å². The highest BCUT2D eigenvalue weighted by molar-refractivity contribution is 7.09. The first-order valence-corrected chi connectivity index (χ1v) is 8.75. The van der Waals surface area contributed by atoms with Crippen molar-refractivity contribution in [3.63, 3.8) is 0 Å². The largest absolute Gasteiger partial charge is 0.355 e. The monoisotopic (exact) mass is 348 g/mol. The van der Waals surface area contributed by atoms with E-state index in [1.165, 1.54) is 11.5 Å². The Morgan fingerprint density at radius 3 is 2.74 bits per heavy atom. The van der Waals surface area contributed by atoms with Crippen LogP contribution in [0.15, 0.2) is 12.1 Å². The molecule has 0 saturated carbocycles. The number of aryl methyl sites for hydroxylation is 1. The molecule has 0 N–H and O–H groups in total. The summed E-state index contributed by atoms with van der Waals surface area (Å²) in [6, 6.07) is 5.65. The lowest BCUT2D eigenvalue weighted by atomic mass is 10.3. The highest BCUT2D eigenvalue weighted by Crippen LogP contribution is 2.23. The summed E-state index contributed by atoms with van der Waals surface area (Å²) in [4.78, 5) is 13.4. The van der Waals surface area contributed by atoms with Crippen molar-refractivity contribution in [1.82, 2.24) is 14.3 Å². The minimum Gasteiger partial charge on any atom is -0.355 e. The lowest BCUT2D eigenvalue weighted by Gasteiger charge is -2.22. The summed E-state index contributed by atoms with van der Waals surface area (Å²) in [6.07, 6.45) is 1.87. The molecule has 0 unspecified atom stereocenters. The zero-order chi connectivity index (χ0) is 16.2. The van der Waals surface area contributed by atoms with Crippen LogP contribution in [0.2, 0.25) is 5.02 Å². The van der Waals surface area contributed by atoms with Crippen molar-refractivity contribution < 1.29 is 0 Å². The van der Waals surface area contributed by atoms with Crippen molar-refractivity contribution in [3.05, 3.63) is 28.7 Å². The lowest BCUT2D eigenvalue weighted by Crippen LogP contribution is -2.31. The summed E-state index contributed by atoms with van der Waals surface area (Å²) in [5, 5.41) is 10.5. The van der Waals surface area contributed by atoms with Gasteiger partial charge in [0.15, 0.2) is 5.69 Å². The molecule has 120 valence electrons. The molecule has 0 bridgehead atoms. The number of rotatable bonds is 3. The van der Waals surface area contributed by atoms with E-state index in [0.717, 1.165) is 55.8 Å². The molecule has 1 fully saturated rings. The first kappa shape index (κ1) is 16.0. The third-order valence-electron chi connectivity index (χ3n) is 3.80. The van der Waals surface area contributed by atoms with Crippen LogP contribution in [0.3, 0.4) is 0 Å². The van der Waals surface area contributed by atoms with E-state index >= 15 is 0 Å². The number of hydrogen-bond acceptors (Lipinski definition) is 7. The van der Waals surface area contributed by atoms with Crippen molar-refractivity contribution in [1.29, 1.82) is 5.26 Å². The van der Waals surface area contributed by atoms with Gasteiger partial charge in [-0.25, -0.2) is 9.97 Å². The summed E-state index contributed by atoms with van der Waals surface area (Å²) in [7, 11) is 0. The summed E-state index contributed by atoms with van der Waals surface area (Å²) in [5.74, 6) is 1.71. The van der Waals surface area contributed by atoms with Gasteiger partial charge in [-0.05, 0) is 18.6 Å². The Kier molecular flexibility index (Phi) is 4.94. The maximum absolute atomic E-state index is 9.08. The van der Waals surface area contributed by atoms with Gasteiger partial charge < -0.3 is 9.80 Å². The number of aromatic nitrogens is 3. The van der Waals surface area contributed by atoms with Crippen LogP contribution in [-0.4, -0.2) is 40.5 Å². The van der Waals surface area contributed by atoms with Crippen molar-refractivity contribution in [2.24, 2.45) is 0 Å². The summed E-state index contributed by atoms with van der Waals surface area (Å²) >= 11 is 7.43. The van der Waals surface area contributed by atoms with Gasteiger partial charge >= 0.3 is 0 Å². The normalized spacial score (nSPS) is 15.3. The zero-order valence-corrected chi connectivity index (χ0v) is 14.4. The summed E-state index contributed by atoms with van der Waals surface area (Å²) < 4.78 is 4.36. The fraction of sp³-hybridized carbons (Fsp3) is 0.467. The molecule has 2 aromatic heterocycles. The van der Waals surface area contributed by atoms with Crippen LogP contribution in [0.1, 0.15) is 24.9 Å². The Morgan fingerprint density at radius 1 is 1.22 bits per heavy atom. The van der Waals surface area contributed by atoms with Crippen molar-refractivity contribution in [2.45, 2.75) is 19.8 Å². The first-order valence-electron chi connectivity index (χ1n) is 7.60. The molecule has 3 heterocycles. The van der Waals surface area contributed by atoms with Crippen LogP contribution in [0.5, 0.6) is 0 Å². The van der Waals surface area contributed by atoms with Crippen molar-refractivity contribution >= 4 is 34.1 Å². The minimum atomic E-state index is 0.280. The molecule has 8 heteroatoms. The van der Waals surface area contributed by atoms with Gasteiger partial charge in [0, 0.05) is 44.1 Å². The predicted molar refractivity (Wildman–Crippen MR) is 92.3 cm³/mol. The maximum Gasteiger partial charge on any atom is 0.205 e. The topological polar surface area (TPSA) is 68.9 Å².